The highest BCUT2D eigenvalue weighted by atomic mass is 16.7. The van der Waals surface area contributed by atoms with E-state index < -0.39 is 37.3 Å². The van der Waals surface area contributed by atoms with Crippen LogP contribution >= 0.6 is 0 Å². The Morgan fingerprint density at radius 1 is 1.20 bits per heavy atom. The molecule has 0 bridgehead atoms. The van der Waals surface area contributed by atoms with E-state index in [1.54, 1.807) is 0 Å². The number of ether oxygens (including phenoxy) is 2. The quantitative estimate of drug-likeness (QED) is 0.339. The molecule has 6 N–H and O–H groups in total. The lowest BCUT2D eigenvalue weighted by Crippen LogP contribution is -2.59. The minimum atomic E-state index is -1.38. The number of aliphatic hydroxyl groups excluding tert-OH is 4. The van der Waals surface area contributed by atoms with Gasteiger partial charge in [-0.05, 0) is 0 Å². The molecular weight excluding hydrogens is 206 g/mol. The minimum absolute atomic E-state index is 0.138. The van der Waals surface area contributed by atoms with Crippen LogP contribution in [0.25, 0.3) is 0 Å². The predicted molar refractivity (Wildman–Crippen MR) is 48.8 cm³/mol. The van der Waals surface area contributed by atoms with E-state index in [9.17, 15) is 15.3 Å². The van der Waals surface area contributed by atoms with Crippen LogP contribution in [0.4, 0.5) is 0 Å². The van der Waals surface area contributed by atoms with Gasteiger partial charge in [0.2, 0.25) is 0 Å². The van der Waals surface area contributed by atoms with Gasteiger partial charge in [-0.3, -0.25) is 0 Å². The van der Waals surface area contributed by atoms with E-state index in [0.717, 1.165) is 0 Å². The van der Waals surface area contributed by atoms with E-state index in [-0.39, 0.29) is 13.2 Å². The van der Waals surface area contributed by atoms with Crippen LogP contribution in [0.2, 0.25) is 0 Å². The summed E-state index contributed by atoms with van der Waals surface area (Å²) < 4.78 is 9.89. The maximum absolute atomic E-state index is 9.57. The average molecular weight is 223 g/mol. The lowest BCUT2D eigenvalue weighted by Gasteiger charge is -2.39. The molecule has 0 unspecified atom stereocenters. The van der Waals surface area contributed by atoms with Gasteiger partial charge in [0.1, 0.15) is 24.4 Å². The fourth-order valence-electron chi connectivity index (χ4n) is 1.46. The van der Waals surface area contributed by atoms with E-state index in [1.165, 1.54) is 0 Å². The second kappa shape index (κ2) is 5.71. The first-order chi connectivity index (χ1) is 7.11. The van der Waals surface area contributed by atoms with Crippen molar-refractivity contribution < 1.29 is 29.9 Å². The molecule has 0 aromatic carbocycles. The van der Waals surface area contributed by atoms with Gasteiger partial charge < -0.3 is 35.6 Å². The van der Waals surface area contributed by atoms with E-state index in [0.29, 0.717) is 0 Å². The summed E-state index contributed by atoms with van der Waals surface area (Å²) >= 11 is 0. The molecule has 90 valence electrons. The highest BCUT2D eigenvalue weighted by Crippen LogP contribution is 2.21. The number of hydrogen-bond donors (Lipinski definition) is 5. The van der Waals surface area contributed by atoms with E-state index in [2.05, 4.69) is 0 Å². The summed E-state index contributed by atoms with van der Waals surface area (Å²) in [7, 11) is 0. The second-order valence-electron chi connectivity index (χ2n) is 3.35. The van der Waals surface area contributed by atoms with Crippen LogP contribution in [0.5, 0.6) is 0 Å². The molecular formula is C8H17NO6. The average Bonchev–Trinajstić information content (AvgIpc) is 2.23. The zero-order chi connectivity index (χ0) is 11.4. The van der Waals surface area contributed by atoms with E-state index >= 15 is 0 Å². The van der Waals surface area contributed by atoms with Crippen LogP contribution in [0.15, 0.2) is 0 Å². The molecule has 0 saturated carbocycles. The maximum atomic E-state index is 9.57. The largest absolute Gasteiger partial charge is 0.394 e. The molecule has 1 saturated heterocycles. The summed E-state index contributed by atoms with van der Waals surface area (Å²) in [5, 5.41) is 37.2. The molecule has 0 aliphatic carbocycles. The maximum Gasteiger partial charge on any atom is 0.184 e. The molecule has 0 radical (unpaired) electrons. The van der Waals surface area contributed by atoms with Gasteiger partial charge in [0.25, 0.3) is 0 Å². The molecule has 7 heteroatoms. The minimum Gasteiger partial charge on any atom is -0.394 e. The first kappa shape index (κ1) is 12.8. The zero-order valence-corrected chi connectivity index (χ0v) is 8.19. The summed E-state index contributed by atoms with van der Waals surface area (Å²) in [5.74, 6) is 0. The van der Waals surface area contributed by atoms with Crippen molar-refractivity contribution in [2.45, 2.75) is 30.7 Å². The predicted octanol–water partition coefficient (Wildman–Crippen LogP) is -3.24. The molecule has 0 amide bonds. The second-order valence-corrected chi connectivity index (χ2v) is 3.35. The molecule has 0 aromatic heterocycles. The first-order valence-corrected chi connectivity index (χ1v) is 4.74. The van der Waals surface area contributed by atoms with Gasteiger partial charge in [-0.25, -0.2) is 0 Å². The molecule has 1 aliphatic rings. The number of aliphatic hydroxyl groups is 4. The Kier molecular flexibility index (Phi) is 4.87. The number of nitrogens with two attached hydrogens (primary N) is 1. The third kappa shape index (κ3) is 2.85. The summed E-state index contributed by atoms with van der Waals surface area (Å²) in [5.41, 5.74) is 5.19. The molecule has 1 aliphatic heterocycles. The Hall–Kier alpha value is -0.280. The lowest BCUT2D eigenvalue weighted by molar-refractivity contribution is -0.295. The monoisotopic (exact) mass is 223 g/mol. The van der Waals surface area contributed by atoms with Gasteiger partial charge in [0, 0.05) is 6.54 Å². The van der Waals surface area contributed by atoms with Crippen molar-refractivity contribution in [1.82, 2.24) is 0 Å². The van der Waals surface area contributed by atoms with Gasteiger partial charge in [0.05, 0.1) is 13.2 Å². The van der Waals surface area contributed by atoms with Crippen molar-refractivity contribution in [3.05, 3.63) is 0 Å². The third-order valence-electron chi connectivity index (χ3n) is 2.27. The summed E-state index contributed by atoms with van der Waals surface area (Å²) in [6.45, 7) is -0.118. The van der Waals surface area contributed by atoms with Crippen LogP contribution in [-0.4, -0.2) is 70.9 Å². The van der Waals surface area contributed by atoms with Gasteiger partial charge in [-0.1, -0.05) is 0 Å². The van der Waals surface area contributed by atoms with Crippen molar-refractivity contribution in [3.63, 3.8) is 0 Å². The van der Waals surface area contributed by atoms with E-state index in [4.69, 9.17) is 20.3 Å². The Labute approximate surface area is 87.0 Å². The zero-order valence-electron chi connectivity index (χ0n) is 8.19. The molecule has 5 atom stereocenters. The third-order valence-corrected chi connectivity index (χ3v) is 2.27. The SMILES string of the molecule is NCCO[C@@H]1[C@@H](O)[C@@H](O)[C@@H](CO)O[C@H]1O. The van der Waals surface area contributed by atoms with Crippen LogP contribution in [-0.2, 0) is 9.47 Å². The van der Waals surface area contributed by atoms with Crippen LogP contribution in [0, 0.1) is 0 Å². The molecule has 7 nitrogen and oxygen atoms in total. The molecule has 15 heavy (non-hydrogen) atoms. The van der Waals surface area contributed by atoms with Crippen molar-refractivity contribution in [3.8, 4) is 0 Å². The van der Waals surface area contributed by atoms with Crippen LogP contribution < -0.4 is 5.73 Å². The smallest absolute Gasteiger partial charge is 0.184 e. The van der Waals surface area contributed by atoms with Crippen molar-refractivity contribution in [1.29, 1.82) is 0 Å². The molecule has 1 fully saturated rings. The fraction of sp³-hybridized carbons (Fsp3) is 1.00. The van der Waals surface area contributed by atoms with E-state index in [1.807, 2.05) is 0 Å². The Bertz CT molecular complexity index is 192. The standard InChI is InChI=1S/C8H17NO6/c9-1-2-14-7-6(12)5(11)4(3-10)15-8(7)13/h4-8,10-13H,1-3,9H2/t4-,5+,6+,7-,8-/m1/s1. The van der Waals surface area contributed by atoms with Crippen LogP contribution in [0.1, 0.15) is 0 Å². The van der Waals surface area contributed by atoms with Gasteiger partial charge in [0.15, 0.2) is 6.29 Å². The van der Waals surface area contributed by atoms with Gasteiger partial charge in [-0.2, -0.15) is 0 Å². The fourth-order valence-corrected chi connectivity index (χ4v) is 1.46. The molecule has 0 aromatic rings. The number of rotatable bonds is 4. The highest BCUT2D eigenvalue weighted by molar-refractivity contribution is 4.89. The Morgan fingerprint density at radius 3 is 2.40 bits per heavy atom. The van der Waals surface area contributed by atoms with Crippen molar-refractivity contribution >= 4 is 0 Å². The summed E-state index contributed by atoms with van der Waals surface area (Å²) in [6.07, 6.45) is -6.04. The molecule has 0 spiro atoms. The summed E-state index contributed by atoms with van der Waals surface area (Å²) in [4.78, 5) is 0. The lowest BCUT2D eigenvalue weighted by atomic mass is 9.99. The summed E-state index contributed by atoms with van der Waals surface area (Å²) in [6, 6.07) is 0. The highest BCUT2D eigenvalue weighted by Gasteiger charge is 2.44. The van der Waals surface area contributed by atoms with Gasteiger partial charge in [-0.15, -0.1) is 0 Å². The normalized spacial score (nSPS) is 41.8. The van der Waals surface area contributed by atoms with Gasteiger partial charge >= 0.3 is 0 Å². The molecule has 1 rings (SSSR count). The topological polar surface area (TPSA) is 125 Å². The Balaban J connectivity index is 2.58. The molecule has 1 heterocycles. The van der Waals surface area contributed by atoms with Crippen LogP contribution in [0.3, 0.4) is 0 Å². The Morgan fingerprint density at radius 2 is 1.87 bits per heavy atom. The van der Waals surface area contributed by atoms with Crippen molar-refractivity contribution in [2.24, 2.45) is 5.73 Å². The van der Waals surface area contributed by atoms with Crippen molar-refractivity contribution in [2.75, 3.05) is 19.8 Å². The first-order valence-electron chi connectivity index (χ1n) is 4.74. The number of hydrogen-bond acceptors (Lipinski definition) is 7.